The summed E-state index contributed by atoms with van der Waals surface area (Å²) in [5.41, 5.74) is 1.80. The fourth-order valence-corrected chi connectivity index (χ4v) is 2.14. The number of ether oxygens (including phenoxy) is 1. The van der Waals surface area contributed by atoms with Crippen LogP contribution in [0.25, 0.3) is 11.0 Å². The highest BCUT2D eigenvalue weighted by molar-refractivity contribution is 5.81. The van der Waals surface area contributed by atoms with Gasteiger partial charge in [-0.1, -0.05) is 31.9 Å². The maximum Gasteiger partial charge on any atom is 0.326 e. The summed E-state index contributed by atoms with van der Waals surface area (Å²) in [6.45, 7) is 2.80. The summed E-state index contributed by atoms with van der Waals surface area (Å²) in [4.78, 5) is 16.3. The van der Waals surface area contributed by atoms with Crippen molar-refractivity contribution in [2.45, 2.75) is 32.7 Å². The number of nitrogens with one attached hydrogen (secondary N) is 1. The normalized spacial score (nSPS) is 10.7. The molecule has 1 N–H and O–H groups in total. The Kier molecular flexibility index (Phi) is 4.98. The summed E-state index contributed by atoms with van der Waals surface area (Å²) in [6.07, 6.45) is 3.13. The van der Waals surface area contributed by atoms with E-state index in [0.29, 0.717) is 12.6 Å². The third kappa shape index (κ3) is 3.29. The zero-order valence-electron chi connectivity index (χ0n) is 12.1. The Hall–Kier alpha value is -2.04. The number of carbonyl (C=O) groups is 1. The van der Waals surface area contributed by atoms with Crippen molar-refractivity contribution >= 4 is 23.0 Å². The Balaban J connectivity index is 2.06. The number of fused-ring (bicyclic) bond motifs is 1. The fourth-order valence-electron chi connectivity index (χ4n) is 2.14. The monoisotopic (exact) mass is 275 g/mol. The van der Waals surface area contributed by atoms with E-state index in [1.807, 2.05) is 28.8 Å². The minimum Gasteiger partial charge on any atom is -0.464 e. The van der Waals surface area contributed by atoms with Gasteiger partial charge in [-0.05, 0) is 18.6 Å². The molecule has 0 unspecified atom stereocenters. The first-order valence-electron chi connectivity index (χ1n) is 7.05. The summed E-state index contributed by atoms with van der Waals surface area (Å²) in [5, 5.41) is 3.01. The first kappa shape index (κ1) is 14.4. The number of aromatic nitrogens is 2. The van der Waals surface area contributed by atoms with E-state index in [-0.39, 0.29) is 12.5 Å². The van der Waals surface area contributed by atoms with Crippen LogP contribution in [-0.4, -0.2) is 29.2 Å². The fraction of sp³-hybridized carbons (Fsp3) is 0.467. The highest BCUT2D eigenvalue weighted by atomic mass is 16.5. The van der Waals surface area contributed by atoms with Gasteiger partial charge < -0.3 is 10.1 Å². The van der Waals surface area contributed by atoms with Crippen molar-refractivity contribution in [1.29, 1.82) is 0 Å². The summed E-state index contributed by atoms with van der Waals surface area (Å²) in [5.74, 6) is 0.456. The van der Waals surface area contributed by atoms with Crippen molar-refractivity contribution in [1.82, 2.24) is 9.55 Å². The molecule has 2 aromatic rings. The van der Waals surface area contributed by atoms with Crippen molar-refractivity contribution < 1.29 is 9.53 Å². The molecule has 2 rings (SSSR count). The van der Waals surface area contributed by atoms with Crippen LogP contribution < -0.4 is 5.32 Å². The molecule has 0 aliphatic rings. The lowest BCUT2D eigenvalue weighted by Gasteiger charge is -2.08. The van der Waals surface area contributed by atoms with E-state index < -0.39 is 0 Å². The van der Waals surface area contributed by atoms with Crippen LogP contribution in [0.3, 0.4) is 0 Å². The molecular weight excluding hydrogens is 254 g/mol. The van der Waals surface area contributed by atoms with E-state index in [1.54, 1.807) is 7.05 Å². The van der Waals surface area contributed by atoms with E-state index in [9.17, 15) is 4.79 Å². The molecule has 1 aromatic heterocycles. The predicted octanol–water partition coefficient (Wildman–Crippen LogP) is 2.81. The van der Waals surface area contributed by atoms with Gasteiger partial charge in [-0.15, -0.1) is 0 Å². The Morgan fingerprint density at radius 1 is 1.35 bits per heavy atom. The second-order valence-corrected chi connectivity index (χ2v) is 4.69. The van der Waals surface area contributed by atoms with Gasteiger partial charge in [0.1, 0.15) is 6.54 Å². The van der Waals surface area contributed by atoms with Crippen molar-refractivity contribution in [2.75, 3.05) is 19.0 Å². The molecule has 0 saturated carbocycles. The number of hydrogen-bond acceptors (Lipinski definition) is 4. The zero-order chi connectivity index (χ0) is 14.4. The molecule has 0 spiro atoms. The number of carbonyl (C=O) groups excluding carboxylic acids is 1. The average Bonchev–Trinajstić information content (AvgIpc) is 2.82. The number of anilines is 1. The molecule has 1 aromatic carbocycles. The molecule has 0 atom stereocenters. The smallest absolute Gasteiger partial charge is 0.326 e. The first-order chi connectivity index (χ1) is 9.76. The van der Waals surface area contributed by atoms with Crippen LogP contribution in [0.2, 0.25) is 0 Å². The number of hydrogen-bond donors (Lipinski definition) is 1. The number of para-hydroxylation sites is 2. The van der Waals surface area contributed by atoms with E-state index in [2.05, 4.69) is 17.2 Å². The zero-order valence-corrected chi connectivity index (χ0v) is 12.1. The highest BCUT2D eigenvalue weighted by Crippen LogP contribution is 2.19. The SMILES string of the molecule is CCCCCOC(=O)Cn1c(NC)nc2ccccc21. The van der Waals surface area contributed by atoms with Gasteiger partial charge in [0.15, 0.2) is 0 Å². The van der Waals surface area contributed by atoms with E-state index >= 15 is 0 Å². The van der Waals surface area contributed by atoms with Gasteiger partial charge >= 0.3 is 5.97 Å². The van der Waals surface area contributed by atoms with Gasteiger partial charge in [-0.2, -0.15) is 0 Å². The molecule has 5 heteroatoms. The van der Waals surface area contributed by atoms with E-state index in [4.69, 9.17) is 4.74 Å². The summed E-state index contributed by atoms with van der Waals surface area (Å²) >= 11 is 0. The molecule has 0 radical (unpaired) electrons. The Morgan fingerprint density at radius 3 is 2.90 bits per heavy atom. The van der Waals surface area contributed by atoms with E-state index in [0.717, 1.165) is 30.3 Å². The van der Waals surface area contributed by atoms with Crippen molar-refractivity contribution in [3.63, 3.8) is 0 Å². The lowest BCUT2D eigenvalue weighted by Crippen LogP contribution is -2.15. The minimum absolute atomic E-state index is 0.183. The lowest BCUT2D eigenvalue weighted by molar-refractivity contribution is -0.144. The van der Waals surface area contributed by atoms with Crippen molar-refractivity contribution in [3.8, 4) is 0 Å². The molecule has 0 bridgehead atoms. The van der Waals surface area contributed by atoms with Crippen LogP contribution in [0, 0.1) is 0 Å². The number of unbranched alkanes of at least 4 members (excludes halogenated alkanes) is 2. The van der Waals surface area contributed by atoms with Crippen molar-refractivity contribution in [2.24, 2.45) is 0 Å². The van der Waals surface area contributed by atoms with Crippen LogP contribution in [0.4, 0.5) is 5.95 Å². The second-order valence-electron chi connectivity index (χ2n) is 4.69. The Labute approximate surface area is 118 Å². The molecule has 0 fully saturated rings. The molecule has 0 amide bonds. The predicted molar refractivity (Wildman–Crippen MR) is 79.8 cm³/mol. The number of esters is 1. The van der Waals surface area contributed by atoms with Crippen LogP contribution in [0.5, 0.6) is 0 Å². The minimum atomic E-state index is -0.222. The molecule has 108 valence electrons. The maximum absolute atomic E-state index is 11.9. The molecular formula is C15H21N3O2. The average molecular weight is 275 g/mol. The van der Waals surface area contributed by atoms with Crippen LogP contribution in [0.1, 0.15) is 26.2 Å². The number of rotatable bonds is 7. The summed E-state index contributed by atoms with van der Waals surface area (Å²) in [7, 11) is 1.80. The summed E-state index contributed by atoms with van der Waals surface area (Å²) in [6, 6.07) is 7.75. The van der Waals surface area contributed by atoms with Crippen LogP contribution >= 0.6 is 0 Å². The standard InChI is InChI=1S/C15H21N3O2/c1-3-4-7-10-20-14(19)11-18-13-9-6-5-8-12(13)17-15(18)16-2/h5-6,8-9H,3-4,7,10-11H2,1-2H3,(H,16,17). The Morgan fingerprint density at radius 2 is 2.15 bits per heavy atom. The summed E-state index contributed by atoms with van der Waals surface area (Å²) < 4.78 is 7.10. The van der Waals surface area contributed by atoms with Crippen molar-refractivity contribution in [3.05, 3.63) is 24.3 Å². The van der Waals surface area contributed by atoms with Gasteiger partial charge in [-0.25, -0.2) is 4.98 Å². The molecule has 5 nitrogen and oxygen atoms in total. The van der Waals surface area contributed by atoms with Gasteiger partial charge in [0.2, 0.25) is 5.95 Å². The van der Waals surface area contributed by atoms with Crippen LogP contribution in [0.15, 0.2) is 24.3 Å². The molecule has 0 saturated heterocycles. The highest BCUT2D eigenvalue weighted by Gasteiger charge is 2.13. The topological polar surface area (TPSA) is 56.1 Å². The lowest BCUT2D eigenvalue weighted by atomic mass is 10.3. The number of nitrogens with zero attached hydrogens (tertiary/aromatic N) is 2. The third-order valence-corrected chi connectivity index (χ3v) is 3.18. The van der Waals surface area contributed by atoms with Gasteiger partial charge in [0, 0.05) is 7.05 Å². The quantitative estimate of drug-likeness (QED) is 0.623. The number of benzene rings is 1. The van der Waals surface area contributed by atoms with Gasteiger partial charge in [-0.3, -0.25) is 9.36 Å². The van der Waals surface area contributed by atoms with Gasteiger partial charge in [0.25, 0.3) is 0 Å². The maximum atomic E-state index is 11.9. The Bertz CT molecular complexity index is 578. The number of imidazole rings is 1. The van der Waals surface area contributed by atoms with E-state index in [1.165, 1.54) is 0 Å². The van der Waals surface area contributed by atoms with Gasteiger partial charge in [0.05, 0.1) is 17.6 Å². The van der Waals surface area contributed by atoms with Crippen LogP contribution in [-0.2, 0) is 16.1 Å². The first-order valence-corrected chi connectivity index (χ1v) is 7.05. The third-order valence-electron chi connectivity index (χ3n) is 3.18. The largest absolute Gasteiger partial charge is 0.464 e. The molecule has 1 heterocycles. The molecule has 0 aliphatic heterocycles. The molecule has 20 heavy (non-hydrogen) atoms. The second kappa shape index (κ2) is 6.93. The molecule has 0 aliphatic carbocycles.